The van der Waals surface area contributed by atoms with E-state index in [0.717, 1.165) is 25.9 Å². The molecule has 0 aromatic heterocycles. The number of ether oxygens (including phenoxy) is 3. The van der Waals surface area contributed by atoms with Crippen LogP contribution in [0.5, 0.6) is 5.75 Å². The van der Waals surface area contributed by atoms with Gasteiger partial charge in [0.2, 0.25) is 0 Å². The molecule has 0 spiro atoms. The molecular weight excluding hydrogens is 394 g/mol. The van der Waals surface area contributed by atoms with Gasteiger partial charge in [-0.05, 0) is 54.7 Å². The Hall–Kier alpha value is -3.12. The molecule has 1 saturated heterocycles. The molecular formula is C25H27NO5. The number of carbonyl (C=O) groups is 2. The number of rotatable bonds is 7. The predicted molar refractivity (Wildman–Crippen MR) is 117 cm³/mol. The maximum atomic E-state index is 12.4. The minimum Gasteiger partial charge on any atom is -0.491 e. The van der Waals surface area contributed by atoms with Crippen molar-refractivity contribution in [2.75, 3.05) is 32.9 Å². The number of nitrogens with zero attached hydrogens (tertiary/aromatic N) is 1. The van der Waals surface area contributed by atoms with Crippen LogP contribution in [-0.4, -0.2) is 55.8 Å². The molecule has 0 radical (unpaired) electrons. The Morgan fingerprint density at radius 1 is 1.06 bits per heavy atom. The Morgan fingerprint density at radius 3 is 2.55 bits per heavy atom. The number of hydrogen-bond donors (Lipinski definition) is 0. The molecule has 2 aromatic carbocycles. The Morgan fingerprint density at radius 2 is 1.87 bits per heavy atom. The molecule has 2 aromatic rings. The highest BCUT2D eigenvalue weighted by atomic mass is 16.5. The topological polar surface area (TPSA) is 65.1 Å². The van der Waals surface area contributed by atoms with Gasteiger partial charge in [-0.25, -0.2) is 4.79 Å². The smallest absolute Gasteiger partial charge is 0.338 e. The van der Waals surface area contributed by atoms with Crippen LogP contribution in [-0.2, 0) is 14.3 Å². The first-order valence-electron chi connectivity index (χ1n) is 10.7. The Balaban J connectivity index is 1.22. The summed E-state index contributed by atoms with van der Waals surface area (Å²) in [6, 6.07) is 16.9. The predicted octanol–water partition coefficient (Wildman–Crippen LogP) is 3.72. The van der Waals surface area contributed by atoms with Crippen LogP contribution < -0.4 is 4.74 Å². The van der Waals surface area contributed by atoms with Gasteiger partial charge in [0.15, 0.2) is 6.61 Å². The Labute approximate surface area is 182 Å². The fourth-order valence-electron chi connectivity index (χ4n) is 3.76. The van der Waals surface area contributed by atoms with E-state index in [0.29, 0.717) is 31.0 Å². The van der Waals surface area contributed by atoms with Crippen LogP contribution in [0.2, 0.25) is 0 Å². The summed E-state index contributed by atoms with van der Waals surface area (Å²) >= 11 is 0. The van der Waals surface area contributed by atoms with E-state index in [1.54, 1.807) is 29.2 Å². The molecule has 162 valence electrons. The van der Waals surface area contributed by atoms with E-state index in [9.17, 15) is 9.59 Å². The number of hydrogen-bond acceptors (Lipinski definition) is 5. The molecule has 1 fully saturated rings. The first kappa shape index (κ1) is 21.1. The van der Waals surface area contributed by atoms with Crippen molar-refractivity contribution in [3.05, 3.63) is 71.8 Å². The van der Waals surface area contributed by atoms with Crippen molar-refractivity contribution in [3.8, 4) is 5.75 Å². The van der Waals surface area contributed by atoms with Crippen LogP contribution in [0.3, 0.4) is 0 Å². The van der Waals surface area contributed by atoms with Crippen molar-refractivity contribution < 1.29 is 23.8 Å². The van der Waals surface area contributed by atoms with E-state index in [1.165, 1.54) is 11.1 Å². The van der Waals surface area contributed by atoms with Gasteiger partial charge in [0.05, 0.1) is 11.7 Å². The van der Waals surface area contributed by atoms with Crippen molar-refractivity contribution in [1.82, 2.24) is 4.90 Å². The zero-order valence-corrected chi connectivity index (χ0v) is 17.5. The second kappa shape index (κ2) is 10.3. The average molecular weight is 421 g/mol. The first-order chi connectivity index (χ1) is 15.2. The third-order valence-corrected chi connectivity index (χ3v) is 5.58. The third kappa shape index (κ3) is 5.73. The van der Waals surface area contributed by atoms with Gasteiger partial charge in [-0.3, -0.25) is 4.79 Å². The van der Waals surface area contributed by atoms with E-state index >= 15 is 0 Å². The number of amides is 1. The zero-order valence-electron chi connectivity index (χ0n) is 17.5. The molecule has 1 amide bonds. The van der Waals surface area contributed by atoms with Crippen LogP contribution in [0.4, 0.5) is 0 Å². The van der Waals surface area contributed by atoms with Crippen molar-refractivity contribution in [2.24, 2.45) is 0 Å². The van der Waals surface area contributed by atoms with E-state index < -0.39 is 5.97 Å². The lowest BCUT2D eigenvalue weighted by atomic mass is 10.00. The molecule has 31 heavy (non-hydrogen) atoms. The Bertz CT molecular complexity index is 917. The zero-order chi connectivity index (χ0) is 21.5. The van der Waals surface area contributed by atoms with E-state index in [1.807, 2.05) is 18.2 Å². The monoisotopic (exact) mass is 421 g/mol. The van der Waals surface area contributed by atoms with Gasteiger partial charge < -0.3 is 19.1 Å². The van der Waals surface area contributed by atoms with E-state index in [2.05, 4.69) is 18.2 Å². The largest absolute Gasteiger partial charge is 0.491 e. The van der Waals surface area contributed by atoms with Gasteiger partial charge >= 0.3 is 5.97 Å². The number of esters is 1. The van der Waals surface area contributed by atoms with Gasteiger partial charge in [-0.15, -0.1) is 0 Å². The molecule has 0 aliphatic carbocycles. The summed E-state index contributed by atoms with van der Waals surface area (Å²) in [5.41, 5.74) is 2.81. The summed E-state index contributed by atoms with van der Waals surface area (Å²) in [5, 5.41) is 0. The second-order valence-electron chi connectivity index (χ2n) is 7.73. The fraction of sp³-hybridized carbons (Fsp3) is 0.360. The normalized spacial score (nSPS) is 18.4. The summed E-state index contributed by atoms with van der Waals surface area (Å²) in [5.74, 6) is -0.0257. The highest BCUT2D eigenvalue weighted by Crippen LogP contribution is 2.22. The van der Waals surface area contributed by atoms with Crippen LogP contribution in [0.15, 0.2) is 60.7 Å². The first-order valence-corrected chi connectivity index (χ1v) is 10.7. The van der Waals surface area contributed by atoms with Crippen LogP contribution in [0.25, 0.3) is 5.57 Å². The molecule has 4 rings (SSSR count). The third-order valence-electron chi connectivity index (χ3n) is 5.58. The van der Waals surface area contributed by atoms with Crippen LogP contribution in [0.1, 0.15) is 35.2 Å². The minimum atomic E-state index is -0.517. The summed E-state index contributed by atoms with van der Waals surface area (Å²) in [7, 11) is 0. The highest BCUT2D eigenvalue weighted by molar-refractivity contribution is 5.91. The van der Waals surface area contributed by atoms with Gasteiger partial charge in [-0.1, -0.05) is 36.4 Å². The standard InChI is InChI=1S/C25H27NO5/c27-24(26-14-12-20(13-15-26)19-5-2-1-3-6-19)18-31-25(28)21-8-10-22(11-9-21)30-17-23-7-4-16-29-23/h1-3,5-6,8-12,23H,4,7,13-18H2/t23-/m0/s1. The number of benzene rings is 2. The summed E-state index contributed by atoms with van der Waals surface area (Å²) in [4.78, 5) is 26.4. The van der Waals surface area contributed by atoms with Gasteiger partial charge in [-0.2, -0.15) is 0 Å². The minimum absolute atomic E-state index is 0.143. The summed E-state index contributed by atoms with van der Waals surface area (Å²) < 4.78 is 16.5. The molecule has 0 bridgehead atoms. The van der Waals surface area contributed by atoms with Gasteiger partial charge in [0, 0.05) is 19.7 Å². The molecule has 6 nitrogen and oxygen atoms in total. The van der Waals surface area contributed by atoms with Crippen molar-refractivity contribution >= 4 is 17.4 Å². The molecule has 0 unspecified atom stereocenters. The SMILES string of the molecule is O=C(OCC(=O)N1CC=C(c2ccccc2)CC1)c1ccc(OC[C@@H]2CCCO2)cc1. The molecule has 2 heterocycles. The molecule has 2 aliphatic heterocycles. The van der Waals surface area contributed by atoms with E-state index in [4.69, 9.17) is 14.2 Å². The van der Waals surface area contributed by atoms with Gasteiger partial charge in [0.1, 0.15) is 12.4 Å². The van der Waals surface area contributed by atoms with Crippen LogP contribution >= 0.6 is 0 Å². The summed E-state index contributed by atoms with van der Waals surface area (Å²) in [6.07, 6.45) is 5.08. The maximum absolute atomic E-state index is 12.4. The van der Waals surface area contributed by atoms with Gasteiger partial charge in [0.25, 0.3) is 5.91 Å². The number of carbonyl (C=O) groups excluding carboxylic acids is 2. The van der Waals surface area contributed by atoms with Crippen molar-refractivity contribution in [2.45, 2.75) is 25.4 Å². The molecule has 0 N–H and O–H groups in total. The molecule has 0 saturated carbocycles. The maximum Gasteiger partial charge on any atom is 0.338 e. The van der Waals surface area contributed by atoms with Crippen molar-refractivity contribution in [3.63, 3.8) is 0 Å². The molecule has 1 atom stereocenters. The van der Waals surface area contributed by atoms with Crippen molar-refractivity contribution in [1.29, 1.82) is 0 Å². The second-order valence-corrected chi connectivity index (χ2v) is 7.73. The average Bonchev–Trinajstić information content (AvgIpc) is 3.36. The quantitative estimate of drug-likeness (QED) is 0.638. The fourth-order valence-corrected chi connectivity index (χ4v) is 3.76. The molecule has 6 heteroatoms. The summed E-state index contributed by atoms with van der Waals surface area (Å²) in [6.45, 7) is 2.18. The lowest BCUT2D eigenvalue weighted by molar-refractivity contribution is -0.134. The van der Waals surface area contributed by atoms with E-state index in [-0.39, 0.29) is 18.6 Å². The molecule has 2 aliphatic rings. The van der Waals surface area contributed by atoms with Crippen LogP contribution in [0, 0.1) is 0 Å². The lowest BCUT2D eigenvalue weighted by Crippen LogP contribution is -2.37. The lowest BCUT2D eigenvalue weighted by Gasteiger charge is -2.26. The highest BCUT2D eigenvalue weighted by Gasteiger charge is 2.20. The Kier molecular flexibility index (Phi) is 6.99.